The Morgan fingerprint density at radius 3 is 2.72 bits per heavy atom. The van der Waals surface area contributed by atoms with E-state index in [1.165, 1.54) is 12.8 Å². The first kappa shape index (κ1) is 13.5. The minimum atomic E-state index is -0.369. The van der Waals surface area contributed by atoms with E-state index in [-0.39, 0.29) is 6.10 Å². The molecule has 0 amide bonds. The number of rotatable bonds is 9. The van der Waals surface area contributed by atoms with Crippen LogP contribution in [-0.2, 0) is 4.74 Å². The standard InChI is InChI=1S/C15H23NO2/c17-15(14-4-2-1-3-5-14)8-9-16-10-11-18-12-13-6-7-13/h1-5,13,15-17H,6-12H2/t15-/m1/s1. The van der Waals surface area contributed by atoms with Crippen molar-refractivity contribution in [3.05, 3.63) is 35.9 Å². The molecule has 18 heavy (non-hydrogen) atoms. The maximum atomic E-state index is 9.93. The lowest BCUT2D eigenvalue weighted by Crippen LogP contribution is -2.22. The second-order valence-electron chi connectivity index (χ2n) is 4.98. The number of ether oxygens (including phenoxy) is 1. The first-order valence-electron chi connectivity index (χ1n) is 6.88. The van der Waals surface area contributed by atoms with E-state index in [1.807, 2.05) is 30.3 Å². The van der Waals surface area contributed by atoms with E-state index >= 15 is 0 Å². The fourth-order valence-electron chi connectivity index (χ4n) is 1.88. The van der Waals surface area contributed by atoms with Crippen LogP contribution in [0.3, 0.4) is 0 Å². The van der Waals surface area contributed by atoms with Crippen LogP contribution < -0.4 is 5.32 Å². The highest BCUT2D eigenvalue weighted by atomic mass is 16.5. The monoisotopic (exact) mass is 249 g/mol. The highest BCUT2D eigenvalue weighted by molar-refractivity contribution is 5.17. The van der Waals surface area contributed by atoms with Gasteiger partial charge in [0, 0.05) is 13.2 Å². The molecule has 0 saturated heterocycles. The predicted molar refractivity (Wildman–Crippen MR) is 72.4 cm³/mol. The van der Waals surface area contributed by atoms with E-state index in [0.717, 1.165) is 44.2 Å². The molecule has 1 fully saturated rings. The molecule has 3 nitrogen and oxygen atoms in total. The third-order valence-corrected chi connectivity index (χ3v) is 3.25. The van der Waals surface area contributed by atoms with Crippen LogP contribution in [0.15, 0.2) is 30.3 Å². The van der Waals surface area contributed by atoms with Gasteiger partial charge < -0.3 is 15.2 Å². The van der Waals surface area contributed by atoms with Crippen molar-refractivity contribution >= 4 is 0 Å². The van der Waals surface area contributed by atoms with Crippen LogP contribution in [0.5, 0.6) is 0 Å². The topological polar surface area (TPSA) is 41.5 Å². The summed E-state index contributed by atoms with van der Waals surface area (Å²) >= 11 is 0. The minimum Gasteiger partial charge on any atom is -0.388 e. The molecule has 1 aromatic rings. The fourth-order valence-corrected chi connectivity index (χ4v) is 1.88. The molecule has 0 heterocycles. The number of aliphatic hydroxyl groups excluding tert-OH is 1. The summed E-state index contributed by atoms with van der Waals surface area (Å²) in [7, 11) is 0. The Morgan fingerprint density at radius 2 is 2.00 bits per heavy atom. The SMILES string of the molecule is O[C@H](CCNCCOCC1CC1)c1ccccc1. The van der Waals surface area contributed by atoms with Crippen LogP contribution in [0, 0.1) is 5.92 Å². The average molecular weight is 249 g/mol. The van der Waals surface area contributed by atoms with Crippen molar-refractivity contribution in [2.75, 3.05) is 26.3 Å². The lowest BCUT2D eigenvalue weighted by Gasteiger charge is -2.11. The Morgan fingerprint density at radius 1 is 1.22 bits per heavy atom. The molecule has 1 aliphatic carbocycles. The Hall–Kier alpha value is -0.900. The van der Waals surface area contributed by atoms with Gasteiger partial charge in [0.2, 0.25) is 0 Å². The second-order valence-corrected chi connectivity index (χ2v) is 4.98. The van der Waals surface area contributed by atoms with Gasteiger partial charge in [-0.1, -0.05) is 30.3 Å². The van der Waals surface area contributed by atoms with E-state index in [9.17, 15) is 5.11 Å². The van der Waals surface area contributed by atoms with Gasteiger partial charge in [-0.2, -0.15) is 0 Å². The molecule has 100 valence electrons. The molecule has 3 heteroatoms. The lowest BCUT2D eigenvalue weighted by atomic mass is 10.1. The minimum absolute atomic E-state index is 0.369. The Labute approximate surface area is 109 Å². The molecule has 1 aromatic carbocycles. The van der Waals surface area contributed by atoms with Gasteiger partial charge in [0.25, 0.3) is 0 Å². The normalized spacial score (nSPS) is 16.7. The van der Waals surface area contributed by atoms with Crippen LogP contribution in [0.1, 0.15) is 30.9 Å². The van der Waals surface area contributed by atoms with Crippen molar-refractivity contribution in [2.45, 2.75) is 25.4 Å². The van der Waals surface area contributed by atoms with Gasteiger partial charge in [0.05, 0.1) is 12.7 Å². The molecule has 0 unspecified atom stereocenters. The van der Waals surface area contributed by atoms with Crippen molar-refractivity contribution in [1.82, 2.24) is 5.32 Å². The Bertz CT molecular complexity index is 325. The first-order chi connectivity index (χ1) is 8.86. The quantitative estimate of drug-likeness (QED) is 0.659. The lowest BCUT2D eigenvalue weighted by molar-refractivity contribution is 0.123. The summed E-state index contributed by atoms with van der Waals surface area (Å²) in [5.41, 5.74) is 0.990. The Kier molecular flexibility index (Phi) is 5.65. The summed E-state index contributed by atoms with van der Waals surface area (Å²) in [4.78, 5) is 0. The predicted octanol–water partition coefficient (Wildman–Crippen LogP) is 2.13. The molecule has 2 rings (SSSR count). The fraction of sp³-hybridized carbons (Fsp3) is 0.600. The highest BCUT2D eigenvalue weighted by Crippen LogP contribution is 2.28. The number of aliphatic hydroxyl groups is 1. The molecular weight excluding hydrogens is 226 g/mol. The van der Waals surface area contributed by atoms with Crippen LogP contribution in [0.4, 0.5) is 0 Å². The molecule has 0 spiro atoms. The molecule has 0 aliphatic heterocycles. The van der Waals surface area contributed by atoms with Crippen LogP contribution in [0.25, 0.3) is 0 Å². The molecule has 0 radical (unpaired) electrons. The van der Waals surface area contributed by atoms with Crippen molar-refractivity contribution in [3.63, 3.8) is 0 Å². The van der Waals surface area contributed by atoms with E-state index in [1.54, 1.807) is 0 Å². The summed E-state index contributed by atoms with van der Waals surface area (Å²) in [6, 6.07) is 9.80. The number of hydrogen-bond donors (Lipinski definition) is 2. The molecule has 1 atom stereocenters. The number of benzene rings is 1. The van der Waals surface area contributed by atoms with E-state index < -0.39 is 0 Å². The van der Waals surface area contributed by atoms with Gasteiger partial charge in [0.1, 0.15) is 0 Å². The van der Waals surface area contributed by atoms with E-state index in [0.29, 0.717) is 0 Å². The van der Waals surface area contributed by atoms with Crippen molar-refractivity contribution in [2.24, 2.45) is 5.92 Å². The molecule has 1 aliphatic rings. The zero-order chi connectivity index (χ0) is 12.6. The average Bonchev–Trinajstić information content (AvgIpc) is 3.22. The Balaban J connectivity index is 1.47. The zero-order valence-electron chi connectivity index (χ0n) is 10.8. The van der Waals surface area contributed by atoms with Crippen LogP contribution >= 0.6 is 0 Å². The first-order valence-corrected chi connectivity index (χ1v) is 6.88. The number of hydrogen-bond acceptors (Lipinski definition) is 3. The molecule has 0 bridgehead atoms. The van der Waals surface area contributed by atoms with E-state index in [4.69, 9.17) is 4.74 Å². The summed E-state index contributed by atoms with van der Waals surface area (Å²) < 4.78 is 5.52. The largest absolute Gasteiger partial charge is 0.388 e. The molecule has 0 aromatic heterocycles. The third-order valence-electron chi connectivity index (χ3n) is 3.25. The summed E-state index contributed by atoms with van der Waals surface area (Å²) in [6.07, 6.45) is 3.06. The van der Waals surface area contributed by atoms with Crippen molar-refractivity contribution in [3.8, 4) is 0 Å². The van der Waals surface area contributed by atoms with Crippen LogP contribution in [-0.4, -0.2) is 31.4 Å². The van der Waals surface area contributed by atoms with Crippen molar-refractivity contribution in [1.29, 1.82) is 0 Å². The van der Waals surface area contributed by atoms with E-state index in [2.05, 4.69) is 5.32 Å². The van der Waals surface area contributed by atoms with Gasteiger partial charge in [-0.3, -0.25) is 0 Å². The van der Waals surface area contributed by atoms with Crippen molar-refractivity contribution < 1.29 is 9.84 Å². The zero-order valence-corrected chi connectivity index (χ0v) is 10.8. The summed E-state index contributed by atoms with van der Waals surface area (Å²) in [6.45, 7) is 3.39. The molecule has 2 N–H and O–H groups in total. The second kappa shape index (κ2) is 7.52. The maximum Gasteiger partial charge on any atom is 0.0802 e. The van der Waals surface area contributed by atoms with Gasteiger partial charge in [0.15, 0.2) is 0 Å². The van der Waals surface area contributed by atoms with Gasteiger partial charge >= 0.3 is 0 Å². The third kappa shape index (κ3) is 5.17. The van der Waals surface area contributed by atoms with Gasteiger partial charge in [-0.15, -0.1) is 0 Å². The van der Waals surface area contributed by atoms with Gasteiger partial charge in [-0.05, 0) is 37.3 Å². The van der Waals surface area contributed by atoms with Gasteiger partial charge in [-0.25, -0.2) is 0 Å². The highest BCUT2D eigenvalue weighted by Gasteiger charge is 2.20. The van der Waals surface area contributed by atoms with Crippen LogP contribution in [0.2, 0.25) is 0 Å². The molecule has 1 saturated carbocycles. The molecular formula is C15H23NO2. The number of nitrogens with one attached hydrogen (secondary N) is 1. The summed E-state index contributed by atoms with van der Waals surface area (Å²) in [5.74, 6) is 0.838. The summed E-state index contributed by atoms with van der Waals surface area (Å²) in [5, 5.41) is 13.2. The maximum absolute atomic E-state index is 9.93. The smallest absolute Gasteiger partial charge is 0.0802 e.